The van der Waals surface area contributed by atoms with Crippen LogP contribution in [0.15, 0.2) is 53.4 Å². The van der Waals surface area contributed by atoms with E-state index in [1.54, 1.807) is 19.1 Å². The number of amides is 1. The number of rotatable bonds is 7. The van der Waals surface area contributed by atoms with Gasteiger partial charge in [0.15, 0.2) is 0 Å². The first-order valence-electron chi connectivity index (χ1n) is 9.28. The Kier molecular flexibility index (Phi) is 5.95. The van der Waals surface area contributed by atoms with Crippen LogP contribution in [0.2, 0.25) is 0 Å². The van der Waals surface area contributed by atoms with Gasteiger partial charge in [-0.2, -0.15) is 0 Å². The van der Waals surface area contributed by atoms with Gasteiger partial charge in [-0.15, -0.1) is 0 Å². The molecule has 3 aromatic rings. The summed E-state index contributed by atoms with van der Waals surface area (Å²) in [4.78, 5) is 12.7. The fourth-order valence-corrected chi connectivity index (χ4v) is 4.21. The Labute approximate surface area is 170 Å². The minimum absolute atomic E-state index is 0.0183. The van der Waals surface area contributed by atoms with Gasteiger partial charge in [-0.25, -0.2) is 12.7 Å². The highest BCUT2D eigenvalue weighted by atomic mass is 32.2. The van der Waals surface area contributed by atoms with Gasteiger partial charge >= 0.3 is 0 Å². The van der Waals surface area contributed by atoms with Crippen molar-refractivity contribution in [2.75, 3.05) is 26.0 Å². The van der Waals surface area contributed by atoms with Crippen LogP contribution in [0, 0.1) is 6.92 Å². The third kappa shape index (κ3) is 4.28. The van der Waals surface area contributed by atoms with Crippen LogP contribution in [0.25, 0.3) is 10.9 Å². The molecule has 1 N–H and O–H groups in total. The molecule has 0 spiro atoms. The number of sulfonamides is 1. The predicted octanol–water partition coefficient (Wildman–Crippen LogP) is 3.24. The Balaban J connectivity index is 1.88. The highest BCUT2D eigenvalue weighted by Crippen LogP contribution is 2.29. The van der Waals surface area contributed by atoms with Crippen molar-refractivity contribution in [3.63, 3.8) is 0 Å². The zero-order valence-electron chi connectivity index (χ0n) is 17.0. The molecule has 0 radical (unpaired) electrons. The molecule has 0 saturated carbocycles. The van der Waals surface area contributed by atoms with Gasteiger partial charge in [0.25, 0.3) is 0 Å². The largest absolute Gasteiger partial charge is 0.492 e. The second-order valence-electron chi connectivity index (χ2n) is 6.86. The van der Waals surface area contributed by atoms with E-state index in [1.807, 2.05) is 41.8 Å². The Bertz CT molecular complexity index is 1150. The topological polar surface area (TPSA) is 80.6 Å². The number of aromatic nitrogens is 1. The van der Waals surface area contributed by atoms with Gasteiger partial charge in [0.2, 0.25) is 15.9 Å². The normalized spacial score (nSPS) is 11.8. The van der Waals surface area contributed by atoms with Gasteiger partial charge in [-0.05, 0) is 49.6 Å². The fourth-order valence-electron chi connectivity index (χ4n) is 3.16. The maximum atomic E-state index is 12.7. The number of carbonyl (C=O) groups is 1. The molecule has 7 nitrogen and oxygen atoms in total. The molecule has 3 rings (SSSR count). The van der Waals surface area contributed by atoms with Crippen molar-refractivity contribution in [1.82, 2.24) is 8.87 Å². The number of hydrogen-bond donors (Lipinski definition) is 1. The molecule has 1 heterocycles. The van der Waals surface area contributed by atoms with Crippen LogP contribution >= 0.6 is 0 Å². The van der Waals surface area contributed by atoms with Gasteiger partial charge in [-0.3, -0.25) is 4.79 Å². The third-order valence-electron chi connectivity index (χ3n) is 4.61. The van der Waals surface area contributed by atoms with Crippen LogP contribution in [0.5, 0.6) is 5.75 Å². The molecule has 0 fully saturated rings. The number of hydrogen-bond acceptors (Lipinski definition) is 4. The zero-order valence-corrected chi connectivity index (χ0v) is 17.8. The molecule has 0 aliphatic rings. The summed E-state index contributed by atoms with van der Waals surface area (Å²) < 4.78 is 33.8. The standard InChI is InChI=1S/C21H25N3O4S/c1-5-28-19-11-10-17(13-20(19)29(26,27)23(3)4)22-21(25)14-24-15(2)12-16-8-6-7-9-18(16)24/h6-13H,5,14H2,1-4H3,(H,22,25). The SMILES string of the molecule is CCOc1ccc(NC(=O)Cn2c(C)cc3ccccc32)cc1S(=O)(=O)N(C)C. The van der Waals surface area contributed by atoms with E-state index in [9.17, 15) is 13.2 Å². The average molecular weight is 416 g/mol. The number of benzene rings is 2. The number of para-hydroxylation sites is 1. The summed E-state index contributed by atoms with van der Waals surface area (Å²) in [5.74, 6) is 0.0123. The summed E-state index contributed by atoms with van der Waals surface area (Å²) in [6.07, 6.45) is 0. The lowest BCUT2D eigenvalue weighted by molar-refractivity contribution is -0.116. The lowest BCUT2D eigenvalue weighted by Gasteiger charge is -2.17. The first-order chi connectivity index (χ1) is 13.7. The van der Waals surface area contributed by atoms with Crippen molar-refractivity contribution in [2.45, 2.75) is 25.3 Å². The van der Waals surface area contributed by atoms with Crippen LogP contribution in [0.4, 0.5) is 5.69 Å². The highest BCUT2D eigenvalue weighted by Gasteiger charge is 2.23. The molecule has 0 bridgehead atoms. The Hall–Kier alpha value is -2.84. The van der Waals surface area contributed by atoms with Crippen molar-refractivity contribution < 1.29 is 17.9 Å². The quantitative estimate of drug-likeness (QED) is 0.642. The molecule has 2 aromatic carbocycles. The van der Waals surface area contributed by atoms with Crippen molar-refractivity contribution in [3.05, 3.63) is 54.2 Å². The van der Waals surface area contributed by atoms with Crippen LogP contribution < -0.4 is 10.1 Å². The Morgan fingerprint density at radius 2 is 1.86 bits per heavy atom. The van der Waals surface area contributed by atoms with E-state index in [-0.39, 0.29) is 23.1 Å². The molecule has 29 heavy (non-hydrogen) atoms. The number of aryl methyl sites for hydroxylation is 1. The zero-order chi connectivity index (χ0) is 21.2. The summed E-state index contributed by atoms with van der Waals surface area (Å²) in [6, 6.07) is 14.5. The molecule has 0 unspecified atom stereocenters. The Morgan fingerprint density at radius 1 is 1.14 bits per heavy atom. The number of nitrogens with one attached hydrogen (secondary N) is 1. The number of fused-ring (bicyclic) bond motifs is 1. The van der Waals surface area contributed by atoms with Gasteiger partial charge in [-0.1, -0.05) is 18.2 Å². The predicted molar refractivity (Wildman–Crippen MR) is 114 cm³/mol. The maximum Gasteiger partial charge on any atom is 0.246 e. The van der Waals surface area contributed by atoms with Gasteiger partial charge < -0.3 is 14.6 Å². The molecular formula is C21H25N3O4S. The van der Waals surface area contributed by atoms with Crippen molar-refractivity contribution >= 4 is 32.5 Å². The number of nitrogens with zero attached hydrogens (tertiary/aromatic N) is 2. The Morgan fingerprint density at radius 3 is 2.55 bits per heavy atom. The van der Waals surface area contributed by atoms with Gasteiger partial charge in [0, 0.05) is 31.0 Å². The van der Waals surface area contributed by atoms with E-state index < -0.39 is 10.0 Å². The van der Waals surface area contributed by atoms with Crippen molar-refractivity contribution in [2.24, 2.45) is 0 Å². The van der Waals surface area contributed by atoms with Gasteiger partial charge in [0.1, 0.15) is 17.2 Å². The molecule has 1 amide bonds. The molecule has 1 aromatic heterocycles. The van der Waals surface area contributed by atoms with E-state index in [1.165, 1.54) is 20.2 Å². The summed E-state index contributed by atoms with van der Waals surface area (Å²) in [5, 5.41) is 3.86. The lowest BCUT2D eigenvalue weighted by atomic mass is 10.2. The molecule has 0 saturated heterocycles. The van der Waals surface area contributed by atoms with Crippen LogP contribution in [-0.4, -0.2) is 43.9 Å². The number of ether oxygens (including phenoxy) is 1. The summed E-state index contributed by atoms with van der Waals surface area (Å²) in [5.41, 5.74) is 2.35. The van der Waals surface area contributed by atoms with Crippen molar-refractivity contribution in [1.29, 1.82) is 0 Å². The minimum Gasteiger partial charge on any atom is -0.492 e. The van der Waals surface area contributed by atoms with Crippen molar-refractivity contribution in [3.8, 4) is 5.75 Å². The highest BCUT2D eigenvalue weighted by molar-refractivity contribution is 7.89. The number of carbonyl (C=O) groups excluding carboxylic acids is 1. The van der Waals surface area contributed by atoms with E-state index >= 15 is 0 Å². The molecule has 8 heteroatoms. The molecular weight excluding hydrogens is 390 g/mol. The molecule has 0 aliphatic heterocycles. The average Bonchev–Trinajstić information content (AvgIpc) is 2.98. The maximum absolute atomic E-state index is 12.7. The van der Waals surface area contributed by atoms with E-state index in [0.717, 1.165) is 20.9 Å². The summed E-state index contributed by atoms with van der Waals surface area (Å²) in [7, 11) is -0.812. The van der Waals surface area contributed by atoms with Gasteiger partial charge in [0.05, 0.1) is 6.61 Å². The molecule has 0 atom stereocenters. The molecule has 0 aliphatic carbocycles. The summed E-state index contributed by atoms with van der Waals surface area (Å²) in [6.45, 7) is 4.20. The third-order valence-corrected chi connectivity index (χ3v) is 6.44. The summed E-state index contributed by atoms with van der Waals surface area (Å²) >= 11 is 0. The second-order valence-corrected chi connectivity index (χ2v) is 8.98. The molecule has 154 valence electrons. The van der Waals surface area contributed by atoms with Crippen LogP contribution in [0.1, 0.15) is 12.6 Å². The van der Waals surface area contributed by atoms with Crippen LogP contribution in [-0.2, 0) is 21.4 Å². The first kappa shape index (κ1) is 20.9. The lowest BCUT2D eigenvalue weighted by Crippen LogP contribution is -2.24. The van der Waals surface area contributed by atoms with Crippen LogP contribution in [0.3, 0.4) is 0 Å². The monoisotopic (exact) mass is 415 g/mol. The smallest absolute Gasteiger partial charge is 0.246 e. The minimum atomic E-state index is -3.72. The van der Waals surface area contributed by atoms with E-state index in [0.29, 0.717) is 12.3 Å². The van der Waals surface area contributed by atoms with E-state index in [4.69, 9.17) is 4.74 Å². The second kappa shape index (κ2) is 8.26. The first-order valence-corrected chi connectivity index (χ1v) is 10.7. The van der Waals surface area contributed by atoms with E-state index in [2.05, 4.69) is 5.32 Å². The fraction of sp³-hybridized carbons (Fsp3) is 0.286. The number of anilines is 1.